The third-order valence-electron chi connectivity index (χ3n) is 2.58. The Morgan fingerprint density at radius 3 is 2.54 bits per heavy atom. The van der Waals surface area contributed by atoms with Crippen molar-refractivity contribution in [2.24, 2.45) is 0 Å². The van der Waals surface area contributed by atoms with Gasteiger partial charge in [0.1, 0.15) is 0 Å². The number of carbonyl (C=O) groups is 1. The molecule has 76 valence electrons. The summed E-state index contributed by atoms with van der Waals surface area (Å²) in [6.45, 7) is 3.23. The fraction of sp³-hybridized carbons (Fsp3) is 0.889. The zero-order chi connectivity index (χ0) is 9.84. The Labute approximate surface area is 78.9 Å². The molecule has 1 rings (SSSR count). The molecule has 13 heavy (non-hydrogen) atoms. The maximum atomic E-state index is 11.6. The maximum absolute atomic E-state index is 11.6. The molecule has 1 aliphatic heterocycles. The van der Waals surface area contributed by atoms with Crippen molar-refractivity contribution >= 4 is 5.91 Å². The van der Waals surface area contributed by atoms with Gasteiger partial charge in [0.15, 0.2) is 0 Å². The van der Waals surface area contributed by atoms with Gasteiger partial charge in [-0.2, -0.15) is 0 Å². The van der Waals surface area contributed by atoms with Gasteiger partial charge in [-0.15, -0.1) is 0 Å². The van der Waals surface area contributed by atoms with Crippen LogP contribution in [0.25, 0.3) is 0 Å². The normalized spacial score (nSPS) is 21.6. The monoisotopic (exact) mass is 186 g/mol. The number of likely N-dealkylation sites (N-methyl/N-ethyl adjacent to an activating group) is 1. The third kappa shape index (κ3) is 2.67. The molecule has 1 atom stereocenters. The number of aliphatic hydroxyl groups excluding tert-OH is 1. The van der Waals surface area contributed by atoms with Crippen LogP contribution in [0.4, 0.5) is 0 Å². The van der Waals surface area contributed by atoms with Gasteiger partial charge >= 0.3 is 0 Å². The van der Waals surface area contributed by atoms with Crippen molar-refractivity contribution in [1.82, 2.24) is 10.2 Å². The molecular weight excluding hydrogens is 168 g/mol. The smallest absolute Gasteiger partial charge is 0.239 e. The molecule has 0 radical (unpaired) electrons. The maximum Gasteiger partial charge on any atom is 0.239 e. The average Bonchev–Trinajstić information content (AvgIpc) is 2.17. The van der Waals surface area contributed by atoms with Crippen LogP contribution >= 0.6 is 0 Å². The molecule has 0 aliphatic carbocycles. The summed E-state index contributed by atoms with van der Waals surface area (Å²) in [6, 6.07) is -0.116. The van der Waals surface area contributed by atoms with Crippen LogP contribution in [0, 0.1) is 0 Å². The molecule has 4 heteroatoms. The van der Waals surface area contributed by atoms with Gasteiger partial charge in [-0.1, -0.05) is 0 Å². The number of hydrogen-bond acceptors (Lipinski definition) is 3. The average molecular weight is 186 g/mol. The Morgan fingerprint density at radius 1 is 1.54 bits per heavy atom. The van der Waals surface area contributed by atoms with Gasteiger partial charge in [0.25, 0.3) is 0 Å². The summed E-state index contributed by atoms with van der Waals surface area (Å²) >= 11 is 0. The lowest BCUT2D eigenvalue weighted by Crippen LogP contribution is -2.47. The number of piperidine rings is 1. The number of likely N-dealkylation sites (tertiary alicyclic amines) is 1. The highest BCUT2D eigenvalue weighted by molar-refractivity contribution is 5.81. The van der Waals surface area contributed by atoms with Crippen molar-refractivity contribution < 1.29 is 9.90 Å². The standard InChI is InChI=1S/C9H18N2O2/c1-7(10-2)9(13)11-5-3-8(12)4-6-11/h7-8,10,12H,3-6H2,1-2H3/t7-/m0/s1. The van der Waals surface area contributed by atoms with Gasteiger partial charge in [0.05, 0.1) is 12.1 Å². The summed E-state index contributed by atoms with van der Waals surface area (Å²) in [6.07, 6.45) is 1.21. The molecule has 1 amide bonds. The Kier molecular flexibility index (Phi) is 3.69. The van der Waals surface area contributed by atoms with E-state index < -0.39 is 0 Å². The first kappa shape index (κ1) is 10.5. The predicted molar refractivity (Wildman–Crippen MR) is 50.3 cm³/mol. The molecule has 0 saturated carbocycles. The van der Waals surface area contributed by atoms with Crippen LogP contribution in [0.5, 0.6) is 0 Å². The molecule has 0 aromatic heterocycles. The van der Waals surface area contributed by atoms with E-state index >= 15 is 0 Å². The molecule has 1 heterocycles. The number of nitrogens with one attached hydrogen (secondary N) is 1. The number of carbonyl (C=O) groups excluding carboxylic acids is 1. The number of aliphatic hydroxyl groups is 1. The predicted octanol–water partition coefficient (Wildman–Crippen LogP) is -0.422. The number of rotatable bonds is 2. The van der Waals surface area contributed by atoms with E-state index in [4.69, 9.17) is 0 Å². The second kappa shape index (κ2) is 4.58. The Balaban J connectivity index is 2.40. The minimum Gasteiger partial charge on any atom is -0.393 e. The van der Waals surface area contributed by atoms with Crippen LogP contribution in [0.1, 0.15) is 19.8 Å². The molecule has 2 N–H and O–H groups in total. The lowest BCUT2D eigenvalue weighted by atomic mass is 10.1. The molecule has 0 unspecified atom stereocenters. The highest BCUT2D eigenvalue weighted by Gasteiger charge is 2.23. The van der Waals surface area contributed by atoms with E-state index in [1.54, 1.807) is 7.05 Å². The fourth-order valence-corrected chi connectivity index (χ4v) is 1.48. The molecule has 1 fully saturated rings. The SMILES string of the molecule is CN[C@@H](C)C(=O)N1CCC(O)CC1. The fourth-order valence-electron chi connectivity index (χ4n) is 1.48. The van der Waals surface area contributed by atoms with Gasteiger partial charge in [0.2, 0.25) is 5.91 Å². The number of amides is 1. The summed E-state index contributed by atoms with van der Waals surface area (Å²) < 4.78 is 0. The minimum absolute atomic E-state index is 0.116. The molecule has 4 nitrogen and oxygen atoms in total. The van der Waals surface area contributed by atoms with Crippen molar-refractivity contribution in [3.8, 4) is 0 Å². The topological polar surface area (TPSA) is 52.6 Å². The first-order valence-electron chi connectivity index (χ1n) is 4.79. The lowest BCUT2D eigenvalue weighted by molar-refractivity contribution is -0.134. The first-order chi connectivity index (χ1) is 6.15. The minimum atomic E-state index is -0.214. The van der Waals surface area contributed by atoms with Crippen LogP contribution in [-0.2, 0) is 4.79 Å². The second-order valence-corrected chi connectivity index (χ2v) is 3.57. The summed E-state index contributed by atoms with van der Waals surface area (Å²) in [5.74, 6) is 0.134. The van der Waals surface area contributed by atoms with E-state index in [2.05, 4.69) is 5.32 Å². The molecule has 0 bridgehead atoms. The van der Waals surface area contributed by atoms with Crippen molar-refractivity contribution in [3.63, 3.8) is 0 Å². The van der Waals surface area contributed by atoms with Crippen LogP contribution in [0.2, 0.25) is 0 Å². The van der Waals surface area contributed by atoms with Gasteiger partial charge in [-0.05, 0) is 26.8 Å². The molecule has 1 aliphatic rings. The third-order valence-corrected chi connectivity index (χ3v) is 2.58. The van der Waals surface area contributed by atoms with Crippen LogP contribution in [0.15, 0.2) is 0 Å². The molecule has 0 spiro atoms. The van der Waals surface area contributed by atoms with Gasteiger partial charge < -0.3 is 15.3 Å². The van der Waals surface area contributed by atoms with Crippen LogP contribution in [0.3, 0.4) is 0 Å². The summed E-state index contributed by atoms with van der Waals surface area (Å²) in [5, 5.41) is 12.2. The number of hydrogen-bond donors (Lipinski definition) is 2. The quantitative estimate of drug-likeness (QED) is 0.615. The van der Waals surface area contributed by atoms with Gasteiger partial charge in [0, 0.05) is 13.1 Å². The van der Waals surface area contributed by atoms with Crippen molar-refractivity contribution in [2.45, 2.75) is 31.9 Å². The van der Waals surface area contributed by atoms with E-state index in [1.165, 1.54) is 0 Å². The molecule has 0 aromatic rings. The van der Waals surface area contributed by atoms with E-state index in [-0.39, 0.29) is 18.1 Å². The van der Waals surface area contributed by atoms with Crippen LogP contribution < -0.4 is 5.32 Å². The van der Waals surface area contributed by atoms with E-state index in [0.717, 1.165) is 0 Å². The molecule has 1 saturated heterocycles. The summed E-state index contributed by atoms with van der Waals surface area (Å²) in [4.78, 5) is 13.4. The largest absolute Gasteiger partial charge is 0.393 e. The zero-order valence-corrected chi connectivity index (χ0v) is 8.29. The summed E-state index contributed by atoms with van der Waals surface area (Å²) in [7, 11) is 1.78. The Hall–Kier alpha value is -0.610. The van der Waals surface area contributed by atoms with Crippen molar-refractivity contribution in [3.05, 3.63) is 0 Å². The highest BCUT2D eigenvalue weighted by atomic mass is 16.3. The van der Waals surface area contributed by atoms with Crippen molar-refractivity contribution in [1.29, 1.82) is 0 Å². The van der Waals surface area contributed by atoms with Crippen LogP contribution in [-0.4, -0.2) is 48.2 Å². The van der Waals surface area contributed by atoms with Gasteiger partial charge in [-0.3, -0.25) is 4.79 Å². The first-order valence-corrected chi connectivity index (χ1v) is 4.79. The van der Waals surface area contributed by atoms with Crippen molar-refractivity contribution in [2.75, 3.05) is 20.1 Å². The summed E-state index contributed by atoms with van der Waals surface area (Å²) in [5.41, 5.74) is 0. The molecular formula is C9H18N2O2. The van der Waals surface area contributed by atoms with E-state index in [1.807, 2.05) is 11.8 Å². The Bertz CT molecular complexity index is 176. The second-order valence-electron chi connectivity index (χ2n) is 3.57. The molecule has 0 aromatic carbocycles. The zero-order valence-electron chi connectivity index (χ0n) is 8.29. The van der Waals surface area contributed by atoms with Gasteiger partial charge in [-0.25, -0.2) is 0 Å². The highest BCUT2D eigenvalue weighted by Crippen LogP contribution is 2.10. The number of nitrogens with zero attached hydrogens (tertiary/aromatic N) is 1. The Morgan fingerprint density at radius 2 is 2.08 bits per heavy atom. The lowest BCUT2D eigenvalue weighted by Gasteiger charge is -2.31. The van der Waals surface area contributed by atoms with E-state index in [9.17, 15) is 9.90 Å². The van der Waals surface area contributed by atoms with E-state index in [0.29, 0.717) is 25.9 Å².